The fourth-order valence-electron chi connectivity index (χ4n) is 3.42. The standard InChI is InChI=1S/C23H27N/c1-5-18-7-10-20(22(16-18)17(3)4)11-8-19-9-12-23-21(15-19)13-14-24(23)6-2/h7,9-10,12-16H,3,5-6,8,11H2,1-2,4H3. The Kier molecular flexibility index (Phi) is 4.89. The first-order valence-electron chi connectivity index (χ1n) is 8.97. The van der Waals surface area contributed by atoms with E-state index >= 15 is 0 Å². The van der Waals surface area contributed by atoms with Gasteiger partial charge in [-0.25, -0.2) is 0 Å². The van der Waals surface area contributed by atoms with E-state index in [9.17, 15) is 0 Å². The van der Waals surface area contributed by atoms with E-state index in [1.165, 1.54) is 33.2 Å². The van der Waals surface area contributed by atoms with E-state index in [-0.39, 0.29) is 0 Å². The van der Waals surface area contributed by atoms with E-state index in [2.05, 4.69) is 80.6 Å². The lowest BCUT2D eigenvalue weighted by Gasteiger charge is -2.12. The minimum atomic E-state index is 1.02. The molecule has 0 amide bonds. The molecule has 0 saturated heterocycles. The van der Waals surface area contributed by atoms with Gasteiger partial charge in [-0.05, 0) is 78.9 Å². The number of hydrogen-bond donors (Lipinski definition) is 0. The van der Waals surface area contributed by atoms with Crippen LogP contribution in [0.5, 0.6) is 0 Å². The number of nitrogens with zero attached hydrogens (tertiary/aromatic N) is 1. The molecule has 1 nitrogen and oxygen atoms in total. The van der Waals surface area contributed by atoms with E-state index < -0.39 is 0 Å². The minimum Gasteiger partial charge on any atom is -0.348 e. The molecule has 0 atom stereocenters. The zero-order chi connectivity index (χ0) is 17.1. The van der Waals surface area contributed by atoms with E-state index in [0.29, 0.717) is 0 Å². The number of hydrogen-bond acceptors (Lipinski definition) is 0. The summed E-state index contributed by atoms with van der Waals surface area (Å²) in [6.45, 7) is 11.7. The molecule has 0 fully saturated rings. The van der Waals surface area contributed by atoms with E-state index in [0.717, 1.165) is 31.4 Å². The second kappa shape index (κ2) is 7.09. The summed E-state index contributed by atoms with van der Waals surface area (Å²) in [5, 5.41) is 1.34. The molecule has 0 saturated carbocycles. The molecule has 0 bridgehead atoms. The maximum atomic E-state index is 4.17. The van der Waals surface area contributed by atoms with Crippen LogP contribution in [0.2, 0.25) is 0 Å². The average molecular weight is 317 g/mol. The molecule has 3 rings (SSSR count). The van der Waals surface area contributed by atoms with Gasteiger partial charge < -0.3 is 4.57 Å². The van der Waals surface area contributed by atoms with Gasteiger partial charge in [-0.1, -0.05) is 43.3 Å². The molecule has 0 aliphatic rings. The van der Waals surface area contributed by atoms with Gasteiger partial charge in [-0.15, -0.1) is 0 Å². The monoisotopic (exact) mass is 317 g/mol. The third-order valence-electron chi connectivity index (χ3n) is 4.90. The van der Waals surface area contributed by atoms with Gasteiger partial charge in [-0.2, -0.15) is 0 Å². The zero-order valence-electron chi connectivity index (χ0n) is 15.1. The zero-order valence-corrected chi connectivity index (χ0v) is 15.1. The van der Waals surface area contributed by atoms with Crippen LogP contribution in [0, 0.1) is 0 Å². The summed E-state index contributed by atoms with van der Waals surface area (Å²) >= 11 is 0. The smallest absolute Gasteiger partial charge is 0.0480 e. The topological polar surface area (TPSA) is 4.93 Å². The van der Waals surface area contributed by atoms with Crippen LogP contribution in [0.3, 0.4) is 0 Å². The molecule has 0 aliphatic heterocycles. The molecule has 1 heteroatoms. The van der Waals surface area contributed by atoms with Crippen LogP contribution in [-0.2, 0) is 25.8 Å². The highest BCUT2D eigenvalue weighted by Crippen LogP contribution is 2.23. The van der Waals surface area contributed by atoms with Gasteiger partial charge in [0, 0.05) is 18.3 Å². The lowest BCUT2D eigenvalue weighted by molar-refractivity contribution is 0.797. The lowest BCUT2D eigenvalue weighted by Crippen LogP contribution is -1.98. The van der Waals surface area contributed by atoms with Gasteiger partial charge in [0.1, 0.15) is 0 Å². The second-order valence-corrected chi connectivity index (χ2v) is 6.62. The van der Waals surface area contributed by atoms with Crippen LogP contribution in [-0.4, -0.2) is 4.57 Å². The van der Waals surface area contributed by atoms with E-state index in [1.54, 1.807) is 0 Å². The maximum Gasteiger partial charge on any atom is 0.0480 e. The molecule has 124 valence electrons. The molecule has 1 aromatic heterocycles. The van der Waals surface area contributed by atoms with Gasteiger partial charge in [0.2, 0.25) is 0 Å². The molecular formula is C23H27N. The van der Waals surface area contributed by atoms with Crippen molar-refractivity contribution in [2.24, 2.45) is 0 Å². The predicted octanol–water partition coefficient (Wildman–Crippen LogP) is 6.04. The average Bonchev–Trinajstić information content (AvgIpc) is 3.02. The molecule has 0 N–H and O–H groups in total. The predicted molar refractivity (Wildman–Crippen MR) is 106 cm³/mol. The van der Waals surface area contributed by atoms with Crippen molar-refractivity contribution < 1.29 is 0 Å². The van der Waals surface area contributed by atoms with Gasteiger partial charge >= 0.3 is 0 Å². The lowest BCUT2D eigenvalue weighted by atomic mass is 9.94. The Morgan fingerprint density at radius 2 is 1.75 bits per heavy atom. The summed E-state index contributed by atoms with van der Waals surface area (Å²) in [4.78, 5) is 0. The molecular weight excluding hydrogens is 290 g/mol. The van der Waals surface area contributed by atoms with Crippen molar-refractivity contribution >= 4 is 16.5 Å². The Morgan fingerprint density at radius 3 is 2.46 bits per heavy atom. The van der Waals surface area contributed by atoms with E-state index in [1.807, 2.05) is 0 Å². The summed E-state index contributed by atoms with van der Waals surface area (Å²) in [5.74, 6) is 0. The number of benzene rings is 2. The summed E-state index contributed by atoms with van der Waals surface area (Å²) in [7, 11) is 0. The van der Waals surface area contributed by atoms with Crippen molar-refractivity contribution in [3.05, 3.63) is 77.5 Å². The first-order chi connectivity index (χ1) is 11.6. The number of fused-ring (bicyclic) bond motifs is 1. The van der Waals surface area contributed by atoms with Crippen LogP contribution in [0.1, 0.15) is 43.0 Å². The maximum absolute atomic E-state index is 4.17. The minimum absolute atomic E-state index is 1.02. The molecule has 1 heterocycles. The molecule has 0 spiro atoms. The summed E-state index contributed by atoms with van der Waals surface area (Å²) in [6.07, 6.45) is 5.38. The van der Waals surface area contributed by atoms with Gasteiger partial charge in [-0.3, -0.25) is 0 Å². The Morgan fingerprint density at radius 1 is 0.958 bits per heavy atom. The summed E-state index contributed by atoms with van der Waals surface area (Å²) in [6, 6.07) is 15.9. The first-order valence-corrected chi connectivity index (χ1v) is 8.97. The van der Waals surface area contributed by atoms with Crippen molar-refractivity contribution in [1.82, 2.24) is 4.57 Å². The Balaban J connectivity index is 1.81. The fourth-order valence-corrected chi connectivity index (χ4v) is 3.42. The summed E-state index contributed by atoms with van der Waals surface area (Å²) in [5.41, 5.74) is 8.02. The number of allylic oxidation sites excluding steroid dienone is 1. The van der Waals surface area contributed by atoms with Crippen LogP contribution in [0.4, 0.5) is 0 Å². The van der Waals surface area contributed by atoms with Crippen molar-refractivity contribution in [3.8, 4) is 0 Å². The van der Waals surface area contributed by atoms with Crippen LogP contribution >= 0.6 is 0 Å². The van der Waals surface area contributed by atoms with Crippen LogP contribution in [0.15, 0.2) is 55.2 Å². The van der Waals surface area contributed by atoms with Crippen molar-refractivity contribution in [2.75, 3.05) is 0 Å². The van der Waals surface area contributed by atoms with E-state index in [4.69, 9.17) is 0 Å². The number of rotatable bonds is 6. The Labute approximate surface area is 145 Å². The van der Waals surface area contributed by atoms with Crippen LogP contribution < -0.4 is 0 Å². The van der Waals surface area contributed by atoms with Gasteiger partial charge in [0.15, 0.2) is 0 Å². The normalized spacial score (nSPS) is 11.1. The SMILES string of the molecule is C=C(C)c1cc(CC)ccc1CCc1ccc2c(ccn2CC)c1. The fraction of sp³-hybridized carbons (Fsp3) is 0.304. The highest BCUT2D eigenvalue weighted by Gasteiger charge is 2.06. The molecule has 0 radical (unpaired) electrons. The third-order valence-corrected chi connectivity index (χ3v) is 4.90. The number of aryl methyl sites for hydroxylation is 4. The highest BCUT2D eigenvalue weighted by molar-refractivity contribution is 5.80. The molecule has 3 aromatic rings. The molecule has 0 unspecified atom stereocenters. The van der Waals surface area contributed by atoms with Crippen molar-refractivity contribution in [3.63, 3.8) is 0 Å². The Bertz CT molecular complexity index is 867. The Hall–Kier alpha value is -2.28. The van der Waals surface area contributed by atoms with Crippen molar-refractivity contribution in [2.45, 2.75) is 46.6 Å². The van der Waals surface area contributed by atoms with Gasteiger partial charge in [0.05, 0.1) is 0 Å². The summed E-state index contributed by atoms with van der Waals surface area (Å²) < 4.78 is 2.29. The second-order valence-electron chi connectivity index (χ2n) is 6.62. The quantitative estimate of drug-likeness (QED) is 0.522. The highest BCUT2D eigenvalue weighted by atomic mass is 14.9. The van der Waals surface area contributed by atoms with Crippen molar-refractivity contribution in [1.29, 1.82) is 0 Å². The van der Waals surface area contributed by atoms with Gasteiger partial charge in [0.25, 0.3) is 0 Å². The number of aromatic nitrogens is 1. The molecule has 0 aliphatic carbocycles. The van der Waals surface area contributed by atoms with Crippen LogP contribution in [0.25, 0.3) is 16.5 Å². The first kappa shape index (κ1) is 16.6. The third kappa shape index (κ3) is 3.31. The molecule has 24 heavy (non-hydrogen) atoms. The largest absolute Gasteiger partial charge is 0.348 e. The molecule has 2 aromatic carbocycles.